The molecule has 0 bridgehead atoms. The van der Waals surface area contributed by atoms with E-state index in [1.807, 2.05) is 44.9 Å². The second-order valence-electron chi connectivity index (χ2n) is 10.2. The highest BCUT2D eigenvalue weighted by molar-refractivity contribution is 5.86. The summed E-state index contributed by atoms with van der Waals surface area (Å²) in [5.41, 5.74) is 6.40. The fourth-order valence-electron chi connectivity index (χ4n) is 4.68. The average molecular weight is 476 g/mol. The number of carbonyl (C=O) groups excluding carboxylic acids is 1. The van der Waals surface area contributed by atoms with Crippen LogP contribution in [0.25, 0.3) is 22.3 Å². The number of nitrogens with one attached hydrogen (secondary N) is 1. The van der Waals surface area contributed by atoms with Gasteiger partial charge in [-0.1, -0.05) is 12.1 Å². The number of anilines is 1. The van der Waals surface area contributed by atoms with Crippen LogP contribution in [0.2, 0.25) is 0 Å². The van der Waals surface area contributed by atoms with Crippen LogP contribution in [0, 0.1) is 0 Å². The number of aryl methyl sites for hydroxylation is 1. The molecule has 1 N–H and O–H groups in total. The Morgan fingerprint density at radius 3 is 2.63 bits per heavy atom. The molecule has 9 nitrogen and oxygen atoms in total. The molecular weight excluding hydrogens is 442 g/mol. The number of nitrogens with zero attached hydrogens (tertiary/aromatic N) is 6. The second-order valence-corrected chi connectivity index (χ2v) is 10.2. The number of fused-ring (bicyclic) bond motifs is 3. The Morgan fingerprint density at radius 1 is 1.11 bits per heavy atom. The van der Waals surface area contributed by atoms with Crippen molar-refractivity contribution in [2.75, 3.05) is 44.6 Å². The molecule has 9 heteroatoms. The number of benzene rings is 1. The molecule has 0 saturated carbocycles. The van der Waals surface area contributed by atoms with Crippen LogP contribution in [0.4, 0.5) is 10.6 Å². The van der Waals surface area contributed by atoms with E-state index in [0.717, 1.165) is 60.8 Å². The lowest BCUT2D eigenvalue weighted by Gasteiger charge is -2.35. The van der Waals surface area contributed by atoms with Crippen molar-refractivity contribution in [2.45, 2.75) is 32.8 Å². The Kier molecular flexibility index (Phi) is 6.19. The summed E-state index contributed by atoms with van der Waals surface area (Å²) in [6, 6.07) is 6.56. The van der Waals surface area contributed by atoms with E-state index in [1.54, 1.807) is 11.2 Å². The van der Waals surface area contributed by atoms with Crippen molar-refractivity contribution < 1.29 is 9.53 Å². The van der Waals surface area contributed by atoms with Crippen LogP contribution in [-0.4, -0.2) is 80.5 Å². The van der Waals surface area contributed by atoms with E-state index in [9.17, 15) is 4.79 Å². The highest BCUT2D eigenvalue weighted by Crippen LogP contribution is 2.41. The van der Waals surface area contributed by atoms with Crippen molar-refractivity contribution in [1.29, 1.82) is 0 Å². The Labute approximate surface area is 206 Å². The SMILES string of the molecule is Cn1cc(-c2ccc3c(c2)-c2c(ncnc2NCCN2CCN(C(=O)OC(C)(C)C)CC2)C3)cn1. The molecule has 2 aliphatic rings. The maximum Gasteiger partial charge on any atom is 0.410 e. The van der Waals surface area contributed by atoms with E-state index in [4.69, 9.17) is 4.74 Å². The zero-order valence-electron chi connectivity index (χ0n) is 20.9. The molecule has 3 aromatic rings. The molecule has 1 fully saturated rings. The van der Waals surface area contributed by atoms with Gasteiger partial charge in [-0.2, -0.15) is 5.10 Å². The van der Waals surface area contributed by atoms with Gasteiger partial charge in [0, 0.05) is 70.1 Å². The van der Waals surface area contributed by atoms with Crippen molar-refractivity contribution in [3.8, 4) is 22.3 Å². The van der Waals surface area contributed by atoms with Gasteiger partial charge in [0.05, 0.1) is 11.9 Å². The van der Waals surface area contributed by atoms with Gasteiger partial charge in [-0.3, -0.25) is 9.58 Å². The molecule has 1 saturated heterocycles. The molecule has 0 spiro atoms. The van der Waals surface area contributed by atoms with Gasteiger partial charge < -0.3 is 15.0 Å². The lowest BCUT2D eigenvalue weighted by molar-refractivity contribution is 0.0148. The van der Waals surface area contributed by atoms with E-state index in [-0.39, 0.29) is 6.09 Å². The maximum atomic E-state index is 12.3. The predicted molar refractivity (Wildman–Crippen MR) is 135 cm³/mol. The van der Waals surface area contributed by atoms with Gasteiger partial charge in [0.2, 0.25) is 0 Å². The Morgan fingerprint density at radius 2 is 1.91 bits per heavy atom. The summed E-state index contributed by atoms with van der Waals surface area (Å²) in [7, 11) is 1.93. The smallest absolute Gasteiger partial charge is 0.410 e. The first kappa shape index (κ1) is 23.3. The molecule has 1 amide bonds. The van der Waals surface area contributed by atoms with Crippen molar-refractivity contribution in [2.24, 2.45) is 7.05 Å². The fraction of sp³-hybridized carbons (Fsp3) is 0.462. The summed E-state index contributed by atoms with van der Waals surface area (Å²) in [4.78, 5) is 25.6. The molecule has 184 valence electrons. The van der Waals surface area contributed by atoms with Gasteiger partial charge in [-0.05, 0) is 43.5 Å². The van der Waals surface area contributed by atoms with E-state index in [1.165, 1.54) is 11.1 Å². The molecule has 1 aliphatic carbocycles. The van der Waals surface area contributed by atoms with E-state index < -0.39 is 5.60 Å². The molecule has 5 rings (SSSR count). The minimum absolute atomic E-state index is 0.226. The quantitative estimate of drug-likeness (QED) is 0.473. The van der Waals surface area contributed by atoms with Crippen LogP contribution in [0.15, 0.2) is 36.9 Å². The van der Waals surface area contributed by atoms with Gasteiger partial charge >= 0.3 is 6.09 Å². The van der Waals surface area contributed by atoms with Gasteiger partial charge in [0.15, 0.2) is 0 Å². The third-order valence-corrected chi connectivity index (χ3v) is 6.45. The number of hydrogen-bond donors (Lipinski definition) is 1. The predicted octanol–water partition coefficient (Wildman–Crippen LogP) is 3.41. The summed E-state index contributed by atoms with van der Waals surface area (Å²) in [6.45, 7) is 10.4. The third kappa shape index (κ3) is 5.14. The Hall–Kier alpha value is -3.46. The zero-order valence-corrected chi connectivity index (χ0v) is 20.9. The second kappa shape index (κ2) is 9.30. The number of ether oxygens (including phenoxy) is 1. The average Bonchev–Trinajstić information content (AvgIpc) is 3.41. The first-order valence-electron chi connectivity index (χ1n) is 12.2. The molecule has 35 heavy (non-hydrogen) atoms. The molecule has 0 unspecified atom stereocenters. The number of carbonyl (C=O) groups is 1. The first-order chi connectivity index (χ1) is 16.8. The number of aromatic nitrogens is 4. The monoisotopic (exact) mass is 475 g/mol. The number of hydrogen-bond acceptors (Lipinski definition) is 7. The lowest BCUT2D eigenvalue weighted by Crippen LogP contribution is -2.50. The van der Waals surface area contributed by atoms with Crippen LogP contribution in [0.1, 0.15) is 32.0 Å². The number of piperazine rings is 1. The summed E-state index contributed by atoms with van der Waals surface area (Å²) >= 11 is 0. The normalized spacial score (nSPS) is 15.6. The zero-order chi connectivity index (χ0) is 24.6. The molecule has 0 atom stereocenters. The molecule has 1 aliphatic heterocycles. The molecule has 3 heterocycles. The summed E-state index contributed by atoms with van der Waals surface area (Å²) in [5, 5.41) is 7.86. The number of amides is 1. The lowest BCUT2D eigenvalue weighted by atomic mass is 10.0. The van der Waals surface area contributed by atoms with Gasteiger partial charge in [0.1, 0.15) is 17.7 Å². The topological polar surface area (TPSA) is 88.4 Å². The van der Waals surface area contributed by atoms with Crippen LogP contribution < -0.4 is 5.32 Å². The highest BCUT2D eigenvalue weighted by Gasteiger charge is 2.27. The van der Waals surface area contributed by atoms with Crippen LogP contribution in [0.5, 0.6) is 0 Å². The minimum Gasteiger partial charge on any atom is -0.444 e. The fourth-order valence-corrected chi connectivity index (χ4v) is 4.68. The highest BCUT2D eigenvalue weighted by atomic mass is 16.6. The maximum absolute atomic E-state index is 12.3. The first-order valence-corrected chi connectivity index (χ1v) is 12.2. The number of rotatable bonds is 5. The minimum atomic E-state index is -0.465. The summed E-state index contributed by atoms with van der Waals surface area (Å²) < 4.78 is 7.32. The third-order valence-electron chi connectivity index (χ3n) is 6.45. The standard InChI is InChI=1S/C26H33N7O2/c1-26(2,3)35-25(34)33-11-9-32(10-12-33)8-7-27-24-23-21-13-18(20-15-30-31(4)16-20)5-6-19(21)14-22(23)28-17-29-24/h5-6,13,15-17H,7-12,14H2,1-4H3,(H,27,28,29). The van der Waals surface area contributed by atoms with Crippen molar-refractivity contribution in [3.63, 3.8) is 0 Å². The van der Waals surface area contributed by atoms with Crippen LogP contribution in [0.3, 0.4) is 0 Å². The largest absolute Gasteiger partial charge is 0.444 e. The van der Waals surface area contributed by atoms with Gasteiger partial charge in [-0.15, -0.1) is 0 Å². The van der Waals surface area contributed by atoms with Gasteiger partial charge in [0.25, 0.3) is 0 Å². The van der Waals surface area contributed by atoms with Crippen molar-refractivity contribution in [1.82, 2.24) is 29.5 Å². The Balaban J connectivity index is 1.21. The van der Waals surface area contributed by atoms with E-state index in [2.05, 4.69) is 43.5 Å². The summed E-state index contributed by atoms with van der Waals surface area (Å²) in [5.74, 6) is 0.879. The molecular formula is C26H33N7O2. The van der Waals surface area contributed by atoms with E-state index >= 15 is 0 Å². The van der Waals surface area contributed by atoms with Crippen LogP contribution in [-0.2, 0) is 18.2 Å². The molecule has 0 radical (unpaired) electrons. The van der Waals surface area contributed by atoms with Crippen molar-refractivity contribution in [3.05, 3.63) is 48.2 Å². The van der Waals surface area contributed by atoms with Gasteiger partial charge in [-0.25, -0.2) is 14.8 Å². The Bertz CT molecular complexity index is 1220. The van der Waals surface area contributed by atoms with E-state index in [0.29, 0.717) is 13.1 Å². The van der Waals surface area contributed by atoms with Crippen LogP contribution >= 0.6 is 0 Å². The molecule has 2 aromatic heterocycles. The summed E-state index contributed by atoms with van der Waals surface area (Å²) in [6.07, 6.45) is 6.16. The molecule has 1 aromatic carbocycles. The van der Waals surface area contributed by atoms with Crippen molar-refractivity contribution >= 4 is 11.9 Å².